The third kappa shape index (κ3) is 6.42. The van der Waals surface area contributed by atoms with Crippen molar-refractivity contribution in [3.8, 4) is 22.4 Å². The third-order valence-corrected chi connectivity index (χ3v) is 4.48. The van der Waals surface area contributed by atoms with Gasteiger partial charge in [-0.05, 0) is 51.0 Å². The maximum Gasteiger partial charge on any atom is 0.407 e. The first-order chi connectivity index (χ1) is 14.7. The first-order valence-electron chi connectivity index (χ1n) is 9.90. The molecule has 3 aromatic rings. The molecule has 3 N–H and O–H groups in total. The molecule has 2 heterocycles. The number of rotatable bonds is 7. The van der Waals surface area contributed by atoms with Gasteiger partial charge in [0.25, 0.3) is 0 Å². The number of anilines is 1. The maximum absolute atomic E-state index is 13.8. The third-order valence-electron chi connectivity index (χ3n) is 4.23. The summed E-state index contributed by atoms with van der Waals surface area (Å²) in [6.07, 6.45) is 1.61. The number of hydrogen-bond acceptors (Lipinski definition) is 5. The SMILES string of the molecule is CC(C)(C)OC(=O)NCCCNc1n[nH]c(-c2ccc(Cl)cc2)c1-c1ccnc(F)c1. The van der Waals surface area contributed by atoms with E-state index >= 15 is 0 Å². The number of aromatic amines is 1. The van der Waals surface area contributed by atoms with E-state index in [1.54, 1.807) is 18.2 Å². The van der Waals surface area contributed by atoms with Crippen LogP contribution in [0, 0.1) is 5.95 Å². The fraction of sp³-hybridized carbons (Fsp3) is 0.318. The molecule has 0 radical (unpaired) electrons. The number of pyridine rings is 1. The van der Waals surface area contributed by atoms with Gasteiger partial charge >= 0.3 is 6.09 Å². The van der Waals surface area contributed by atoms with Crippen molar-refractivity contribution < 1.29 is 13.9 Å². The van der Waals surface area contributed by atoms with E-state index in [0.717, 1.165) is 16.8 Å². The summed E-state index contributed by atoms with van der Waals surface area (Å²) in [5.74, 6) is 0.00100. The van der Waals surface area contributed by atoms with E-state index in [2.05, 4.69) is 25.8 Å². The van der Waals surface area contributed by atoms with E-state index in [-0.39, 0.29) is 0 Å². The molecule has 164 valence electrons. The second-order valence-corrected chi connectivity index (χ2v) is 8.34. The molecule has 0 saturated carbocycles. The first kappa shape index (κ1) is 22.6. The van der Waals surface area contributed by atoms with Crippen LogP contribution in [0.1, 0.15) is 27.2 Å². The lowest BCUT2D eigenvalue weighted by molar-refractivity contribution is 0.0528. The summed E-state index contributed by atoms with van der Waals surface area (Å²) in [5.41, 5.74) is 2.43. The maximum atomic E-state index is 13.8. The number of nitrogens with zero attached hydrogens (tertiary/aromatic N) is 2. The smallest absolute Gasteiger partial charge is 0.407 e. The number of H-pyrrole nitrogens is 1. The Balaban J connectivity index is 1.72. The van der Waals surface area contributed by atoms with Crippen LogP contribution in [0.4, 0.5) is 15.0 Å². The van der Waals surface area contributed by atoms with Gasteiger partial charge in [-0.3, -0.25) is 5.10 Å². The Morgan fingerprint density at radius 1 is 1.16 bits per heavy atom. The molecule has 1 amide bonds. The lowest BCUT2D eigenvalue weighted by Crippen LogP contribution is -2.33. The average Bonchev–Trinajstić information content (AvgIpc) is 3.11. The van der Waals surface area contributed by atoms with Crippen LogP contribution in [0.2, 0.25) is 5.02 Å². The zero-order chi connectivity index (χ0) is 22.4. The number of alkyl carbamates (subject to hydrolysis) is 1. The normalized spacial score (nSPS) is 11.3. The Morgan fingerprint density at radius 3 is 2.58 bits per heavy atom. The van der Waals surface area contributed by atoms with E-state index in [4.69, 9.17) is 16.3 Å². The summed E-state index contributed by atoms with van der Waals surface area (Å²) >= 11 is 6.00. The number of aromatic nitrogens is 3. The Hall–Kier alpha value is -3.13. The van der Waals surface area contributed by atoms with Crippen LogP contribution in [-0.4, -0.2) is 40.0 Å². The molecule has 0 aliphatic carbocycles. The summed E-state index contributed by atoms with van der Waals surface area (Å²) in [5, 5.41) is 14.0. The van der Waals surface area contributed by atoms with Gasteiger partial charge < -0.3 is 15.4 Å². The summed E-state index contributed by atoms with van der Waals surface area (Å²) in [4.78, 5) is 15.4. The lowest BCUT2D eigenvalue weighted by Gasteiger charge is -2.19. The number of amides is 1. The molecule has 0 aliphatic heterocycles. The van der Waals surface area contributed by atoms with Crippen molar-refractivity contribution in [2.24, 2.45) is 0 Å². The van der Waals surface area contributed by atoms with Gasteiger partial charge in [-0.2, -0.15) is 9.49 Å². The van der Waals surface area contributed by atoms with Crippen molar-refractivity contribution >= 4 is 23.5 Å². The van der Waals surface area contributed by atoms with Crippen molar-refractivity contribution in [3.05, 3.63) is 53.6 Å². The van der Waals surface area contributed by atoms with Crippen LogP contribution in [0.25, 0.3) is 22.4 Å². The van der Waals surface area contributed by atoms with E-state index in [9.17, 15) is 9.18 Å². The zero-order valence-corrected chi connectivity index (χ0v) is 18.4. The van der Waals surface area contributed by atoms with Gasteiger partial charge in [0.1, 0.15) is 5.60 Å². The van der Waals surface area contributed by atoms with Crippen molar-refractivity contribution in [1.82, 2.24) is 20.5 Å². The number of carbonyl (C=O) groups is 1. The van der Waals surface area contributed by atoms with Crippen molar-refractivity contribution in [3.63, 3.8) is 0 Å². The second-order valence-electron chi connectivity index (χ2n) is 7.91. The van der Waals surface area contributed by atoms with Gasteiger partial charge in [0.15, 0.2) is 5.82 Å². The minimum atomic E-state index is -0.576. The molecule has 0 atom stereocenters. The largest absolute Gasteiger partial charge is 0.444 e. The second kappa shape index (κ2) is 9.78. The van der Waals surface area contributed by atoms with Gasteiger partial charge in [-0.15, -0.1) is 0 Å². The predicted octanol–water partition coefficient (Wildman–Crippen LogP) is 5.26. The van der Waals surface area contributed by atoms with E-state index in [1.165, 1.54) is 12.3 Å². The van der Waals surface area contributed by atoms with E-state index in [1.807, 2.05) is 32.9 Å². The zero-order valence-electron chi connectivity index (χ0n) is 17.6. The molecule has 0 bridgehead atoms. The molecule has 3 rings (SSSR count). The number of nitrogens with one attached hydrogen (secondary N) is 3. The molecule has 2 aromatic heterocycles. The van der Waals surface area contributed by atoms with Crippen LogP contribution in [-0.2, 0) is 4.74 Å². The summed E-state index contributed by atoms with van der Waals surface area (Å²) in [6.45, 7) is 6.42. The first-order valence-corrected chi connectivity index (χ1v) is 10.3. The molecule has 9 heteroatoms. The lowest BCUT2D eigenvalue weighted by atomic mass is 10.0. The fourth-order valence-corrected chi connectivity index (χ4v) is 3.06. The fourth-order valence-electron chi connectivity index (χ4n) is 2.93. The summed E-state index contributed by atoms with van der Waals surface area (Å²) in [7, 11) is 0. The molecule has 0 spiro atoms. The van der Waals surface area contributed by atoms with Crippen LogP contribution >= 0.6 is 11.6 Å². The van der Waals surface area contributed by atoms with E-state index < -0.39 is 17.6 Å². The van der Waals surface area contributed by atoms with Gasteiger partial charge in [0, 0.05) is 35.9 Å². The van der Waals surface area contributed by atoms with Crippen molar-refractivity contribution in [2.45, 2.75) is 32.8 Å². The molecule has 0 saturated heterocycles. The van der Waals surface area contributed by atoms with Crippen LogP contribution in [0.5, 0.6) is 0 Å². The number of halogens is 2. The highest BCUT2D eigenvalue weighted by Crippen LogP contribution is 2.36. The quantitative estimate of drug-likeness (QED) is 0.341. The van der Waals surface area contributed by atoms with Crippen LogP contribution in [0.3, 0.4) is 0 Å². The highest BCUT2D eigenvalue weighted by atomic mass is 35.5. The standard InChI is InChI=1S/C22H25ClFN5O2/c1-22(2,3)31-21(30)27-11-4-10-26-20-18(15-9-12-25-17(24)13-15)19(28-29-20)14-5-7-16(23)8-6-14/h5-9,12-13H,4,10-11H2,1-3H3,(H,27,30)(H2,26,28,29). The Labute approximate surface area is 185 Å². The topological polar surface area (TPSA) is 91.9 Å². The number of benzene rings is 1. The Morgan fingerprint density at radius 2 is 1.90 bits per heavy atom. The monoisotopic (exact) mass is 445 g/mol. The molecule has 0 unspecified atom stereocenters. The summed E-state index contributed by atoms with van der Waals surface area (Å²) in [6, 6.07) is 10.4. The molecule has 0 fully saturated rings. The molecule has 1 aromatic carbocycles. The average molecular weight is 446 g/mol. The molecule has 0 aliphatic rings. The minimum absolute atomic E-state index is 0.440. The summed E-state index contributed by atoms with van der Waals surface area (Å²) < 4.78 is 19.0. The van der Waals surface area contributed by atoms with Gasteiger partial charge in [0.2, 0.25) is 5.95 Å². The Bertz CT molecular complexity index is 1030. The van der Waals surface area contributed by atoms with Gasteiger partial charge in [-0.25, -0.2) is 9.78 Å². The highest BCUT2D eigenvalue weighted by molar-refractivity contribution is 6.30. The predicted molar refractivity (Wildman–Crippen MR) is 120 cm³/mol. The number of carbonyl (C=O) groups excluding carboxylic acids is 1. The van der Waals surface area contributed by atoms with Crippen molar-refractivity contribution in [2.75, 3.05) is 18.4 Å². The van der Waals surface area contributed by atoms with Gasteiger partial charge in [0.05, 0.1) is 11.3 Å². The molecule has 31 heavy (non-hydrogen) atoms. The van der Waals surface area contributed by atoms with E-state index in [0.29, 0.717) is 35.9 Å². The Kier molecular flexibility index (Phi) is 7.12. The highest BCUT2D eigenvalue weighted by Gasteiger charge is 2.18. The number of hydrogen-bond donors (Lipinski definition) is 3. The number of ether oxygens (including phenoxy) is 1. The molecular formula is C22H25ClFN5O2. The molecular weight excluding hydrogens is 421 g/mol. The van der Waals surface area contributed by atoms with Crippen molar-refractivity contribution in [1.29, 1.82) is 0 Å². The van der Waals surface area contributed by atoms with Crippen LogP contribution in [0.15, 0.2) is 42.6 Å². The minimum Gasteiger partial charge on any atom is -0.444 e. The van der Waals surface area contributed by atoms with Crippen LogP contribution < -0.4 is 10.6 Å². The molecule has 7 nitrogen and oxygen atoms in total. The van der Waals surface area contributed by atoms with Gasteiger partial charge in [-0.1, -0.05) is 23.7 Å².